The number of hydrogen-bond donors (Lipinski definition) is 2. The summed E-state index contributed by atoms with van der Waals surface area (Å²) in [5.41, 5.74) is 0.529. The van der Waals surface area contributed by atoms with E-state index in [1.807, 2.05) is 0 Å². The van der Waals surface area contributed by atoms with Gasteiger partial charge in [-0.05, 0) is 10.4 Å². The third-order valence-corrected chi connectivity index (χ3v) is 1.89. The van der Waals surface area contributed by atoms with Crippen LogP contribution < -0.4 is 5.32 Å². The molecule has 0 unspecified atom stereocenters. The summed E-state index contributed by atoms with van der Waals surface area (Å²) in [6.07, 6.45) is 3.10. The lowest BCUT2D eigenvalue weighted by molar-refractivity contribution is -0.142. The molecular formula is C8H10N6O3. The first-order valence-corrected chi connectivity index (χ1v) is 4.83. The average molecular weight is 238 g/mol. The molecule has 2 aromatic heterocycles. The van der Waals surface area contributed by atoms with Crippen LogP contribution in [0.15, 0.2) is 12.4 Å². The van der Waals surface area contributed by atoms with E-state index in [0.29, 0.717) is 18.0 Å². The molecule has 0 saturated heterocycles. The summed E-state index contributed by atoms with van der Waals surface area (Å²) >= 11 is 0. The molecular weight excluding hydrogens is 228 g/mol. The number of fused-ring (bicyclic) bond motifs is 1. The number of tetrazole rings is 1. The predicted molar refractivity (Wildman–Crippen MR) is 55.5 cm³/mol. The van der Waals surface area contributed by atoms with Crippen LogP contribution in [0, 0.1) is 0 Å². The lowest BCUT2D eigenvalue weighted by atomic mass is 10.6. The van der Waals surface area contributed by atoms with Gasteiger partial charge in [-0.2, -0.15) is 4.52 Å². The monoisotopic (exact) mass is 238 g/mol. The number of carboxylic acid groups (broad SMARTS) is 1. The zero-order chi connectivity index (χ0) is 12.1. The molecule has 17 heavy (non-hydrogen) atoms. The van der Waals surface area contributed by atoms with Crippen molar-refractivity contribution in [2.24, 2.45) is 0 Å². The van der Waals surface area contributed by atoms with Gasteiger partial charge in [0, 0.05) is 6.54 Å². The van der Waals surface area contributed by atoms with Crippen LogP contribution in [-0.2, 0) is 9.53 Å². The van der Waals surface area contributed by atoms with E-state index < -0.39 is 5.97 Å². The van der Waals surface area contributed by atoms with Gasteiger partial charge in [-0.3, -0.25) is 4.98 Å². The van der Waals surface area contributed by atoms with E-state index in [2.05, 4.69) is 25.8 Å². The number of carbonyl (C=O) groups is 1. The molecule has 0 aromatic carbocycles. The molecule has 0 amide bonds. The Bertz CT molecular complexity index is 513. The van der Waals surface area contributed by atoms with Crippen LogP contribution in [-0.4, -0.2) is 55.9 Å². The fourth-order valence-electron chi connectivity index (χ4n) is 1.21. The molecule has 0 saturated carbocycles. The number of rotatable bonds is 6. The highest BCUT2D eigenvalue weighted by molar-refractivity contribution is 5.67. The molecule has 0 spiro atoms. The van der Waals surface area contributed by atoms with Gasteiger partial charge in [0.1, 0.15) is 12.4 Å². The van der Waals surface area contributed by atoms with E-state index >= 15 is 0 Å². The number of anilines is 1. The molecule has 9 nitrogen and oxygen atoms in total. The zero-order valence-corrected chi connectivity index (χ0v) is 8.78. The van der Waals surface area contributed by atoms with Crippen LogP contribution in [0.3, 0.4) is 0 Å². The summed E-state index contributed by atoms with van der Waals surface area (Å²) in [5, 5.41) is 22.3. The van der Waals surface area contributed by atoms with Crippen molar-refractivity contribution in [1.29, 1.82) is 0 Å². The van der Waals surface area contributed by atoms with E-state index in [-0.39, 0.29) is 13.2 Å². The largest absolute Gasteiger partial charge is 0.480 e. The van der Waals surface area contributed by atoms with Crippen LogP contribution in [0.25, 0.3) is 5.65 Å². The molecule has 2 rings (SSSR count). The Labute approximate surface area is 95.4 Å². The Morgan fingerprint density at radius 3 is 3.24 bits per heavy atom. The summed E-state index contributed by atoms with van der Waals surface area (Å²) in [4.78, 5) is 14.1. The lowest BCUT2D eigenvalue weighted by Gasteiger charge is -2.06. The Kier molecular flexibility index (Phi) is 3.40. The highest BCUT2D eigenvalue weighted by Gasteiger charge is 2.03. The van der Waals surface area contributed by atoms with Gasteiger partial charge in [-0.15, -0.1) is 5.10 Å². The third-order valence-electron chi connectivity index (χ3n) is 1.89. The third kappa shape index (κ3) is 2.84. The van der Waals surface area contributed by atoms with E-state index in [1.54, 1.807) is 6.20 Å². The number of ether oxygens (including phenoxy) is 1. The number of aliphatic carboxylic acids is 1. The standard InChI is InChI=1S/C8H10N6O3/c15-8(16)5-17-2-1-10-6-3-9-4-7-11-12-13-14(6)7/h3-4,10H,1-2,5H2,(H,15,16). The topological polar surface area (TPSA) is 115 Å². The second-order valence-electron chi connectivity index (χ2n) is 3.11. The molecule has 0 aliphatic heterocycles. The van der Waals surface area contributed by atoms with Gasteiger partial charge in [0.05, 0.1) is 19.0 Å². The molecule has 0 aliphatic rings. The average Bonchev–Trinajstić information content (AvgIpc) is 2.77. The quantitative estimate of drug-likeness (QED) is 0.618. The Morgan fingerprint density at radius 2 is 2.41 bits per heavy atom. The molecule has 2 heterocycles. The van der Waals surface area contributed by atoms with Gasteiger partial charge in [0.25, 0.3) is 0 Å². The van der Waals surface area contributed by atoms with Crippen LogP contribution in [0.4, 0.5) is 5.82 Å². The van der Waals surface area contributed by atoms with Gasteiger partial charge in [-0.1, -0.05) is 0 Å². The summed E-state index contributed by atoms with van der Waals surface area (Å²) in [5.74, 6) is -0.374. The van der Waals surface area contributed by atoms with Crippen LogP contribution in [0.1, 0.15) is 0 Å². The van der Waals surface area contributed by atoms with Crippen molar-refractivity contribution in [2.75, 3.05) is 25.1 Å². The Hall–Kier alpha value is -2.29. The molecule has 0 radical (unpaired) electrons. The smallest absolute Gasteiger partial charge is 0.329 e. The van der Waals surface area contributed by atoms with Crippen molar-refractivity contribution in [3.63, 3.8) is 0 Å². The molecule has 2 aromatic rings. The molecule has 2 N–H and O–H groups in total. The molecule has 0 aliphatic carbocycles. The Balaban J connectivity index is 1.86. The minimum Gasteiger partial charge on any atom is -0.480 e. The fraction of sp³-hybridized carbons (Fsp3) is 0.375. The van der Waals surface area contributed by atoms with Crippen LogP contribution in [0.5, 0.6) is 0 Å². The number of carboxylic acids is 1. The predicted octanol–water partition coefficient (Wildman–Crippen LogP) is -0.968. The van der Waals surface area contributed by atoms with E-state index in [1.165, 1.54) is 10.7 Å². The first-order valence-electron chi connectivity index (χ1n) is 4.83. The number of hydrogen-bond acceptors (Lipinski definition) is 7. The number of nitrogens with one attached hydrogen (secondary N) is 1. The maximum Gasteiger partial charge on any atom is 0.329 e. The van der Waals surface area contributed by atoms with Gasteiger partial charge < -0.3 is 15.2 Å². The van der Waals surface area contributed by atoms with Crippen LogP contribution >= 0.6 is 0 Å². The van der Waals surface area contributed by atoms with Crippen molar-refractivity contribution in [2.45, 2.75) is 0 Å². The van der Waals surface area contributed by atoms with Crippen molar-refractivity contribution < 1.29 is 14.6 Å². The van der Waals surface area contributed by atoms with Crippen molar-refractivity contribution >= 4 is 17.4 Å². The maximum absolute atomic E-state index is 10.2. The summed E-state index contributed by atoms with van der Waals surface area (Å²) < 4.78 is 6.36. The minimum atomic E-state index is -0.991. The van der Waals surface area contributed by atoms with Gasteiger partial charge in [0.2, 0.25) is 0 Å². The van der Waals surface area contributed by atoms with E-state index in [4.69, 9.17) is 9.84 Å². The molecule has 90 valence electrons. The lowest BCUT2D eigenvalue weighted by Crippen LogP contribution is -2.15. The van der Waals surface area contributed by atoms with Crippen molar-refractivity contribution in [3.8, 4) is 0 Å². The highest BCUT2D eigenvalue weighted by Crippen LogP contribution is 2.04. The fourth-order valence-corrected chi connectivity index (χ4v) is 1.21. The first-order chi connectivity index (χ1) is 8.27. The number of nitrogens with zero attached hydrogens (tertiary/aromatic N) is 5. The zero-order valence-electron chi connectivity index (χ0n) is 8.78. The Morgan fingerprint density at radius 1 is 1.53 bits per heavy atom. The maximum atomic E-state index is 10.2. The first kappa shape index (κ1) is 11.2. The van der Waals surface area contributed by atoms with E-state index in [0.717, 1.165) is 0 Å². The molecule has 0 fully saturated rings. The van der Waals surface area contributed by atoms with Gasteiger partial charge in [-0.25, -0.2) is 4.79 Å². The summed E-state index contributed by atoms with van der Waals surface area (Å²) in [6.45, 7) is 0.397. The van der Waals surface area contributed by atoms with Crippen molar-refractivity contribution in [3.05, 3.63) is 12.4 Å². The molecule has 9 heteroatoms. The van der Waals surface area contributed by atoms with Gasteiger partial charge in [0.15, 0.2) is 5.65 Å². The van der Waals surface area contributed by atoms with Crippen LogP contribution in [0.2, 0.25) is 0 Å². The van der Waals surface area contributed by atoms with Gasteiger partial charge >= 0.3 is 5.97 Å². The second-order valence-corrected chi connectivity index (χ2v) is 3.11. The highest BCUT2D eigenvalue weighted by atomic mass is 16.5. The molecule has 0 bridgehead atoms. The summed E-state index contributed by atoms with van der Waals surface area (Å²) in [7, 11) is 0. The second kappa shape index (κ2) is 5.16. The molecule has 0 atom stereocenters. The van der Waals surface area contributed by atoms with Crippen molar-refractivity contribution in [1.82, 2.24) is 25.0 Å². The number of aromatic nitrogens is 5. The summed E-state index contributed by atoms with van der Waals surface area (Å²) in [6, 6.07) is 0. The minimum absolute atomic E-state index is 0.269. The normalized spacial score (nSPS) is 10.6. The SMILES string of the molecule is O=C(O)COCCNc1cncc2nnnn12. The van der Waals surface area contributed by atoms with E-state index in [9.17, 15) is 4.79 Å².